The van der Waals surface area contributed by atoms with Gasteiger partial charge in [-0.25, -0.2) is 18.2 Å². The molecule has 0 saturated heterocycles. The Hall–Kier alpha value is -3.04. The molecule has 1 aromatic heterocycles. The fourth-order valence-corrected chi connectivity index (χ4v) is 3.66. The van der Waals surface area contributed by atoms with Gasteiger partial charge in [0.05, 0.1) is 12.3 Å². The minimum absolute atomic E-state index is 0.0170. The number of hydrogen-bond acceptors (Lipinski definition) is 6. The van der Waals surface area contributed by atoms with E-state index in [9.17, 15) is 18.0 Å². The van der Waals surface area contributed by atoms with Gasteiger partial charge in [0.1, 0.15) is 17.5 Å². The lowest BCUT2D eigenvalue weighted by molar-refractivity contribution is -0.119. The first kappa shape index (κ1) is 20.2. The molecule has 0 spiro atoms. The summed E-state index contributed by atoms with van der Waals surface area (Å²) in [5.41, 5.74) is 0.655. The molecule has 1 fully saturated rings. The Morgan fingerprint density at radius 1 is 1.20 bits per heavy atom. The molecule has 2 heterocycles. The molecule has 4 rings (SSSR count). The monoisotopic (exact) mass is 421 g/mol. The summed E-state index contributed by atoms with van der Waals surface area (Å²) in [7, 11) is 3.52. The molecule has 1 aromatic carbocycles. The third kappa shape index (κ3) is 3.61. The Labute approximate surface area is 171 Å². The van der Waals surface area contributed by atoms with Crippen molar-refractivity contribution in [2.45, 2.75) is 31.9 Å². The molecular formula is C20H22F3N5O2. The van der Waals surface area contributed by atoms with E-state index in [1.54, 1.807) is 18.1 Å². The summed E-state index contributed by atoms with van der Waals surface area (Å²) in [4.78, 5) is 24.4. The van der Waals surface area contributed by atoms with Gasteiger partial charge in [-0.1, -0.05) is 0 Å². The summed E-state index contributed by atoms with van der Waals surface area (Å²) in [5.74, 6) is -2.64. The molecule has 1 N–H and O–H groups in total. The van der Waals surface area contributed by atoms with E-state index in [2.05, 4.69) is 15.3 Å². The van der Waals surface area contributed by atoms with Gasteiger partial charge in [0.25, 0.3) is 0 Å². The van der Waals surface area contributed by atoms with Gasteiger partial charge in [-0.2, -0.15) is 4.98 Å². The van der Waals surface area contributed by atoms with Gasteiger partial charge >= 0.3 is 0 Å². The summed E-state index contributed by atoms with van der Waals surface area (Å²) in [6.45, 7) is 2.43. The fourth-order valence-electron chi connectivity index (χ4n) is 3.66. The third-order valence-electron chi connectivity index (χ3n) is 5.72. The molecule has 30 heavy (non-hydrogen) atoms. The van der Waals surface area contributed by atoms with Crippen molar-refractivity contribution >= 4 is 23.4 Å². The zero-order valence-electron chi connectivity index (χ0n) is 16.8. The topological polar surface area (TPSA) is 70.6 Å². The number of fused-ring (bicyclic) bond motifs is 1. The molecule has 1 aliphatic heterocycles. The number of amides is 1. The second-order valence-electron chi connectivity index (χ2n) is 7.75. The predicted octanol–water partition coefficient (Wildman–Crippen LogP) is 2.96. The summed E-state index contributed by atoms with van der Waals surface area (Å²) < 4.78 is 45.1. The second kappa shape index (κ2) is 7.66. The zero-order valence-corrected chi connectivity index (χ0v) is 16.8. The van der Waals surface area contributed by atoms with Gasteiger partial charge < -0.3 is 19.9 Å². The Morgan fingerprint density at radius 2 is 1.87 bits per heavy atom. The highest BCUT2D eigenvalue weighted by Gasteiger charge is 2.34. The van der Waals surface area contributed by atoms with Crippen molar-refractivity contribution in [1.82, 2.24) is 9.97 Å². The Bertz CT molecular complexity index is 960. The first-order chi connectivity index (χ1) is 14.2. The van der Waals surface area contributed by atoms with Crippen LogP contribution >= 0.6 is 0 Å². The van der Waals surface area contributed by atoms with Gasteiger partial charge in [0.2, 0.25) is 11.9 Å². The minimum atomic E-state index is -1.50. The summed E-state index contributed by atoms with van der Waals surface area (Å²) >= 11 is 0. The van der Waals surface area contributed by atoms with Gasteiger partial charge in [0.15, 0.2) is 23.3 Å². The van der Waals surface area contributed by atoms with Gasteiger partial charge in [-0.3, -0.25) is 4.79 Å². The van der Waals surface area contributed by atoms with Crippen molar-refractivity contribution in [3.05, 3.63) is 35.8 Å². The van der Waals surface area contributed by atoms with Crippen LogP contribution in [0, 0.1) is 23.4 Å². The number of carbonyl (C=O) groups excluding carboxylic acids is 1. The maximum absolute atomic E-state index is 13.3. The van der Waals surface area contributed by atoms with Crippen molar-refractivity contribution in [2.24, 2.45) is 5.92 Å². The number of nitrogens with one attached hydrogen (secondary N) is 1. The number of ether oxygens (including phenoxy) is 1. The van der Waals surface area contributed by atoms with Crippen LogP contribution in [0.15, 0.2) is 18.3 Å². The van der Waals surface area contributed by atoms with E-state index in [-0.39, 0.29) is 29.7 Å². The van der Waals surface area contributed by atoms with Crippen LogP contribution in [0.4, 0.5) is 30.6 Å². The van der Waals surface area contributed by atoms with E-state index in [1.165, 1.54) is 0 Å². The molecule has 1 atom stereocenters. The van der Waals surface area contributed by atoms with E-state index in [0.29, 0.717) is 36.8 Å². The smallest absolute Gasteiger partial charge is 0.249 e. The quantitative estimate of drug-likeness (QED) is 0.749. The third-order valence-corrected chi connectivity index (χ3v) is 5.72. The highest BCUT2D eigenvalue weighted by molar-refractivity contribution is 6.03. The molecule has 0 bridgehead atoms. The highest BCUT2D eigenvalue weighted by Crippen LogP contribution is 2.34. The van der Waals surface area contributed by atoms with Crippen LogP contribution in [-0.4, -0.2) is 48.7 Å². The fraction of sp³-hybridized carbons (Fsp3) is 0.450. The van der Waals surface area contributed by atoms with Crippen molar-refractivity contribution in [2.75, 3.05) is 35.8 Å². The molecule has 160 valence electrons. The molecule has 1 aliphatic carbocycles. The molecule has 7 nitrogen and oxygen atoms in total. The molecule has 1 saturated carbocycles. The average molecular weight is 421 g/mol. The minimum Gasteiger partial charge on any atom is -0.490 e. The molecule has 1 amide bonds. The number of anilines is 3. The van der Waals surface area contributed by atoms with E-state index in [1.807, 2.05) is 18.9 Å². The van der Waals surface area contributed by atoms with Gasteiger partial charge in [-0.15, -0.1) is 0 Å². The lowest BCUT2D eigenvalue weighted by Gasteiger charge is -2.37. The van der Waals surface area contributed by atoms with Crippen LogP contribution in [-0.2, 0) is 4.79 Å². The lowest BCUT2D eigenvalue weighted by atomic mass is 9.82. The number of nitrogens with zero attached hydrogens (tertiary/aromatic N) is 4. The highest BCUT2D eigenvalue weighted by atomic mass is 19.2. The lowest BCUT2D eigenvalue weighted by Crippen LogP contribution is -2.49. The second-order valence-corrected chi connectivity index (χ2v) is 7.75. The van der Waals surface area contributed by atoms with Crippen LogP contribution in [0.1, 0.15) is 19.8 Å². The van der Waals surface area contributed by atoms with Crippen LogP contribution in [0.2, 0.25) is 0 Å². The first-order valence-electron chi connectivity index (χ1n) is 9.67. The summed E-state index contributed by atoms with van der Waals surface area (Å²) in [6.07, 6.45) is 2.81. The van der Waals surface area contributed by atoms with E-state index in [4.69, 9.17) is 4.74 Å². The number of aromatic nitrogens is 2. The molecule has 0 radical (unpaired) electrons. The summed E-state index contributed by atoms with van der Waals surface area (Å²) in [5, 5.41) is 3.19. The van der Waals surface area contributed by atoms with E-state index in [0.717, 1.165) is 12.1 Å². The zero-order chi connectivity index (χ0) is 21.6. The Kier molecular flexibility index (Phi) is 5.17. The van der Waals surface area contributed by atoms with Crippen LogP contribution < -0.4 is 19.9 Å². The predicted molar refractivity (Wildman–Crippen MR) is 105 cm³/mol. The molecule has 2 aliphatic rings. The molecule has 0 unspecified atom stereocenters. The van der Waals surface area contributed by atoms with Crippen molar-refractivity contribution in [1.29, 1.82) is 0 Å². The Balaban J connectivity index is 1.31. The average Bonchev–Trinajstić information content (AvgIpc) is 2.70. The van der Waals surface area contributed by atoms with Crippen LogP contribution in [0.5, 0.6) is 5.75 Å². The molecule has 10 heteroatoms. The first-order valence-corrected chi connectivity index (χ1v) is 9.67. The number of likely N-dealkylation sites (N-methyl/N-ethyl adjacent to an activating group) is 2. The molecular weight excluding hydrogens is 399 g/mol. The number of halogens is 3. The van der Waals surface area contributed by atoms with Crippen molar-refractivity contribution < 1.29 is 22.7 Å². The largest absolute Gasteiger partial charge is 0.490 e. The summed E-state index contributed by atoms with van der Waals surface area (Å²) in [6, 6.07) is 1.39. The van der Waals surface area contributed by atoms with Crippen molar-refractivity contribution in [3.63, 3.8) is 0 Å². The van der Waals surface area contributed by atoms with Crippen LogP contribution in [0.25, 0.3) is 0 Å². The van der Waals surface area contributed by atoms with Gasteiger partial charge in [0, 0.05) is 32.8 Å². The van der Waals surface area contributed by atoms with Gasteiger partial charge in [-0.05, 0) is 25.7 Å². The van der Waals surface area contributed by atoms with Crippen molar-refractivity contribution in [3.8, 4) is 5.75 Å². The number of hydrogen-bond donors (Lipinski definition) is 1. The number of benzene rings is 1. The number of rotatable bonds is 5. The maximum Gasteiger partial charge on any atom is 0.249 e. The SMILES string of the molecule is C[C@H]1C(=O)N(C)c2cnc(NC[C@H]3C[C@@H](Oc4cc(F)c(F)c(F)c4)C3)nc2N1C. The number of carbonyl (C=O) groups is 1. The normalized spacial score (nSPS) is 23.1. The Morgan fingerprint density at radius 3 is 2.53 bits per heavy atom. The van der Waals surface area contributed by atoms with Crippen LogP contribution in [0.3, 0.4) is 0 Å². The van der Waals surface area contributed by atoms with E-state index < -0.39 is 17.5 Å². The molecule has 2 aromatic rings. The maximum atomic E-state index is 13.3. The standard InChI is InChI=1S/C20H22F3N5O2/c1-10-19(29)28(3)16-9-25-20(26-18(16)27(10)2)24-8-11-4-12(5-11)30-13-6-14(21)17(23)15(22)7-13/h6-7,9-12H,4-5,8H2,1-3H3,(H,24,25,26)/t10-,11-,12+/m0/s1. The van der Waals surface area contributed by atoms with E-state index >= 15 is 0 Å².